The summed E-state index contributed by atoms with van der Waals surface area (Å²) in [5.74, 6) is -0.330. The first-order valence-electron chi connectivity index (χ1n) is 6.55. The molecule has 4 nitrogen and oxygen atoms in total. The number of hydrogen-bond donors (Lipinski definition) is 2. The van der Waals surface area contributed by atoms with Crippen molar-refractivity contribution >= 4 is 7.12 Å². The maximum atomic E-state index is 9.99. The Hall–Kier alpha value is -1.04. The molecule has 1 heterocycles. The fourth-order valence-corrected chi connectivity index (χ4v) is 2.12. The third-order valence-electron chi connectivity index (χ3n) is 4.11. The van der Waals surface area contributed by atoms with Crippen molar-refractivity contribution in [2.24, 2.45) is 5.73 Å². The van der Waals surface area contributed by atoms with Crippen LogP contribution in [0.3, 0.4) is 0 Å². The number of phenolic OH excluding ortho intramolecular Hbond substituents is 1. The lowest BCUT2D eigenvalue weighted by Gasteiger charge is -2.32. The first kappa shape index (κ1) is 14.4. The minimum absolute atomic E-state index is 0.183. The predicted molar refractivity (Wildman–Crippen MR) is 75.9 cm³/mol. The molecule has 0 aromatic heterocycles. The summed E-state index contributed by atoms with van der Waals surface area (Å²) in [5.41, 5.74) is 6.97. The Labute approximate surface area is 115 Å². The highest BCUT2D eigenvalue weighted by Crippen LogP contribution is 2.40. The number of aromatic hydroxyl groups is 1. The number of hydrogen-bond acceptors (Lipinski definition) is 4. The molecule has 19 heavy (non-hydrogen) atoms. The highest BCUT2D eigenvalue weighted by atomic mass is 16.7. The molecule has 0 aliphatic carbocycles. The lowest BCUT2D eigenvalue weighted by molar-refractivity contribution is 0.00578. The van der Waals surface area contributed by atoms with Gasteiger partial charge in [0.15, 0.2) is 0 Å². The van der Waals surface area contributed by atoms with Gasteiger partial charge in [-0.2, -0.15) is 0 Å². The standard InChI is InChI=1S/C14H22BNO3/c1-9-6-7-10(11(17)8-9)12(16)15-18-13(2,3)14(4,5)19-15/h6-8,12,17H,16H2,1-5H3. The smallest absolute Gasteiger partial charge is 0.480 e. The molecule has 0 bridgehead atoms. The molecule has 2 rings (SSSR count). The topological polar surface area (TPSA) is 64.7 Å². The minimum atomic E-state index is -0.557. The molecule has 0 saturated carbocycles. The van der Waals surface area contributed by atoms with E-state index in [2.05, 4.69) is 0 Å². The summed E-state index contributed by atoms with van der Waals surface area (Å²) in [6.07, 6.45) is 0. The highest BCUT2D eigenvalue weighted by Gasteiger charge is 2.53. The molecule has 1 unspecified atom stereocenters. The van der Waals surface area contributed by atoms with Crippen molar-refractivity contribution in [1.82, 2.24) is 0 Å². The van der Waals surface area contributed by atoms with Gasteiger partial charge in [0, 0.05) is 5.56 Å². The third-order valence-corrected chi connectivity index (χ3v) is 4.11. The second-order valence-corrected chi connectivity index (χ2v) is 6.21. The van der Waals surface area contributed by atoms with E-state index in [4.69, 9.17) is 15.0 Å². The monoisotopic (exact) mass is 263 g/mol. The second-order valence-electron chi connectivity index (χ2n) is 6.21. The summed E-state index contributed by atoms with van der Waals surface area (Å²) in [6, 6.07) is 5.43. The van der Waals surface area contributed by atoms with Gasteiger partial charge < -0.3 is 20.1 Å². The van der Waals surface area contributed by atoms with Crippen LogP contribution in [-0.2, 0) is 9.31 Å². The van der Waals surface area contributed by atoms with Crippen LogP contribution in [0.4, 0.5) is 0 Å². The van der Waals surface area contributed by atoms with Gasteiger partial charge in [0.05, 0.1) is 17.1 Å². The zero-order valence-electron chi connectivity index (χ0n) is 12.2. The lowest BCUT2D eigenvalue weighted by Crippen LogP contribution is -2.41. The van der Waals surface area contributed by atoms with Crippen molar-refractivity contribution in [2.45, 2.75) is 51.8 Å². The molecule has 1 aliphatic heterocycles. The van der Waals surface area contributed by atoms with Gasteiger partial charge in [0.1, 0.15) is 5.75 Å². The summed E-state index contributed by atoms with van der Waals surface area (Å²) in [5, 5.41) is 9.99. The molecule has 1 aliphatic rings. The van der Waals surface area contributed by atoms with E-state index in [9.17, 15) is 5.11 Å². The average molecular weight is 263 g/mol. The third kappa shape index (κ3) is 2.50. The Kier molecular flexibility index (Phi) is 3.41. The number of phenols is 1. The molecule has 3 N–H and O–H groups in total. The van der Waals surface area contributed by atoms with E-state index in [0.717, 1.165) is 5.56 Å². The first-order chi connectivity index (χ1) is 8.64. The van der Waals surface area contributed by atoms with E-state index < -0.39 is 24.3 Å². The minimum Gasteiger partial charge on any atom is -0.508 e. The van der Waals surface area contributed by atoms with E-state index >= 15 is 0 Å². The van der Waals surface area contributed by atoms with Crippen LogP contribution >= 0.6 is 0 Å². The summed E-state index contributed by atoms with van der Waals surface area (Å²) in [7, 11) is -0.557. The molecular weight excluding hydrogens is 241 g/mol. The van der Waals surface area contributed by atoms with Crippen LogP contribution in [0.1, 0.15) is 44.8 Å². The Morgan fingerprint density at radius 1 is 1.16 bits per heavy atom. The summed E-state index contributed by atoms with van der Waals surface area (Å²) in [6.45, 7) is 9.84. The fraction of sp³-hybridized carbons (Fsp3) is 0.571. The van der Waals surface area contributed by atoms with Crippen LogP contribution in [-0.4, -0.2) is 23.4 Å². The van der Waals surface area contributed by atoms with Crippen molar-refractivity contribution < 1.29 is 14.4 Å². The van der Waals surface area contributed by atoms with Crippen LogP contribution in [0.5, 0.6) is 5.75 Å². The molecule has 1 aromatic rings. The zero-order chi connectivity index (χ0) is 14.4. The molecule has 1 saturated heterocycles. The summed E-state index contributed by atoms with van der Waals surface area (Å²) >= 11 is 0. The number of nitrogens with two attached hydrogens (primary N) is 1. The molecule has 1 aromatic carbocycles. The molecule has 0 radical (unpaired) electrons. The van der Waals surface area contributed by atoms with Crippen LogP contribution < -0.4 is 5.73 Å². The second kappa shape index (κ2) is 4.51. The Morgan fingerprint density at radius 3 is 2.16 bits per heavy atom. The Balaban J connectivity index is 2.24. The number of benzene rings is 1. The van der Waals surface area contributed by atoms with Crippen LogP contribution in [0.15, 0.2) is 18.2 Å². The normalized spacial score (nSPS) is 22.5. The number of rotatable bonds is 2. The Bertz CT molecular complexity index is 472. The molecule has 0 spiro atoms. The van der Waals surface area contributed by atoms with Crippen molar-refractivity contribution in [3.8, 4) is 5.75 Å². The summed E-state index contributed by atoms with van der Waals surface area (Å²) in [4.78, 5) is 0. The van der Waals surface area contributed by atoms with E-state index in [1.165, 1.54) is 0 Å². The fourth-order valence-electron chi connectivity index (χ4n) is 2.12. The van der Waals surface area contributed by atoms with Gasteiger partial charge in [-0.25, -0.2) is 0 Å². The van der Waals surface area contributed by atoms with Gasteiger partial charge in [-0.15, -0.1) is 0 Å². The molecule has 1 atom stereocenters. The Morgan fingerprint density at radius 2 is 1.68 bits per heavy atom. The molecular formula is C14H22BNO3. The zero-order valence-corrected chi connectivity index (χ0v) is 12.2. The van der Waals surface area contributed by atoms with Crippen molar-refractivity contribution in [3.63, 3.8) is 0 Å². The van der Waals surface area contributed by atoms with Gasteiger partial charge in [-0.1, -0.05) is 12.1 Å². The molecule has 5 heteroatoms. The van der Waals surface area contributed by atoms with Gasteiger partial charge in [0.2, 0.25) is 0 Å². The molecule has 104 valence electrons. The van der Waals surface area contributed by atoms with Crippen molar-refractivity contribution in [1.29, 1.82) is 0 Å². The van der Waals surface area contributed by atoms with E-state index in [1.54, 1.807) is 6.07 Å². The van der Waals surface area contributed by atoms with Crippen molar-refractivity contribution in [2.75, 3.05) is 0 Å². The van der Waals surface area contributed by atoms with Crippen molar-refractivity contribution in [3.05, 3.63) is 29.3 Å². The largest absolute Gasteiger partial charge is 0.508 e. The quantitative estimate of drug-likeness (QED) is 0.804. The van der Waals surface area contributed by atoms with E-state index in [0.29, 0.717) is 5.56 Å². The lowest BCUT2D eigenvalue weighted by atomic mass is 9.74. The van der Waals surface area contributed by atoms with Crippen LogP contribution in [0.2, 0.25) is 0 Å². The van der Waals surface area contributed by atoms with E-state index in [-0.39, 0.29) is 5.75 Å². The summed E-state index contributed by atoms with van der Waals surface area (Å²) < 4.78 is 11.8. The maximum absolute atomic E-state index is 9.99. The average Bonchev–Trinajstić information content (AvgIpc) is 2.47. The SMILES string of the molecule is Cc1ccc(C(N)B2OC(C)(C)C(C)(C)O2)c(O)c1. The van der Waals surface area contributed by atoms with Gasteiger partial charge >= 0.3 is 7.12 Å². The number of aryl methyl sites for hydroxylation is 1. The van der Waals surface area contributed by atoms with Gasteiger partial charge in [0.25, 0.3) is 0 Å². The first-order valence-corrected chi connectivity index (χ1v) is 6.55. The molecule has 0 amide bonds. The van der Waals surface area contributed by atoms with Crippen LogP contribution in [0.25, 0.3) is 0 Å². The maximum Gasteiger partial charge on any atom is 0.480 e. The van der Waals surface area contributed by atoms with Gasteiger partial charge in [-0.05, 0) is 46.2 Å². The highest BCUT2D eigenvalue weighted by molar-refractivity contribution is 6.47. The van der Waals surface area contributed by atoms with Gasteiger partial charge in [-0.3, -0.25) is 0 Å². The van der Waals surface area contributed by atoms with Crippen LogP contribution in [0, 0.1) is 6.92 Å². The molecule has 1 fully saturated rings. The predicted octanol–water partition coefficient (Wildman–Crippen LogP) is 2.33. The van der Waals surface area contributed by atoms with E-state index in [1.807, 2.05) is 46.8 Å².